The summed E-state index contributed by atoms with van der Waals surface area (Å²) in [6.07, 6.45) is 2.91. The highest BCUT2D eigenvalue weighted by Gasteiger charge is 2.15. The van der Waals surface area contributed by atoms with Crippen molar-refractivity contribution in [2.45, 2.75) is 6.42 Å². The summed E-state index contributed by atoms with van der Waals surface area (Å²) in [5.41, 5.74) is 0.657. The van der Waals surface area contributed by atoms with Crippen LogP contribution in [0.4, 0.5) is 4.39 Å². The van der Waals surface area contributed by atoms with E-state index in [9.17, 15) is 9.18 Å². The highest BCUT2D eigenvalue weighted by atomic mass is 35.5. The van der Waals surface area contributed by atoms with Crippen LogP contribution in [-0.4, -0.2) is 15.3 Å². The summed E-state index contributed by atoms with van der Waals surface area (Å²) in [7, 11) is 1.71. The van der Waals surface area contributed by atoms with Crippen molar-refractivity contribution in [2.24, 2.45) is 7.05 Å². The van der Waals surface area contributed by atoms with Crippen molar-refractivity contribution < 1.29 is 9.18 Å². The van der Waals surface area contributed by atoms with Gasteiger partial charge in [-0.25, -0.2) is 9.37 Å². The summed E-state index contributed by atoms with van der Waals surface area (Å²) in [5, 5.41) is 0.264. The van der Waals surface area contributed by atoms with E-state index in [0.29, 0.717) is 5.69 Å². The van der Waals surface area contributed by atoms with Crippen molar-refractivity contribution >= 4 is 17.4 Å². The lowest BCUT2D eigenvalue weighted by Crippen LogP contribution is -2.09. The van der Waals surface area contributed by atoms with Gasteiger partial charge in [0, 0.05) is 24.1 Å². The molecule has 0 aliphatic heterocycles. The van der Waals surface area contributed by atoms with Gasteiger partial charge in [0.05, 0.1) is 12.5 Å². The van der Waals surface area contributed by atoms with Crippen LogP contribution in [0.3, 0.4) is 0 Å². The largest absolute Gasteiger partial charge is 0.331 e. The number of benzene rings is 1. The molecule has 0 saturated carbocycles. The molecule has 0 saturated heterocycles. The van der Waals surface area contributed by atoms with Gasteiger partial charge < -0.3 is 4.57 Å². The van der Waals surface area contributed by atoms with Gasteiger partial charge in [-0.2, -0.15) is 0 Å². The molecule has 0 unspecified atom stereocenters. The molecule has 5 heteroatoms. The van der Waals surface area contributed by atoms with Crippen LogP contribution in [0.15, 0.2) is 30.7 Å². The number of hydrogen-bond donors (Lipinski definition) is 0. The van der Waals surface area contributed by atoms with Gasteiger partial charge in [0.15, 0.2) is 5.78 Å². The van der Waals surface area contributed by atoms with E-state index >= 15 is 0 Å². The Morgan fingerprint density at radius 2 is 2.29 bits per heavy atom. The molecule has 0 atom stereocenters. The van der Waals surface area contributed by atoms with E-state index in [2.05, 4.69) is 4.98 Å². The van der Waals surface area contributed by atoms with Crippen LogP contribution >= 0.6 is 11.6 Å². The zero-order chi connectivity index (χ0) is 12.4. The third kappa shape index (κ3) is 2.36. The predicted molar refractivity (Wildman–Crippen MR) is 62.7 cm³/mol. The molecular weight excluding hydrogens is 243 g/mol. The number of ketones is 1. The van der Waals surface area contributed by atoms with Gasteiger partial charge in [-0.15, -0.1) is 0 Å². The average Bonchev–Trinajstić information content (AvgIpc) is 2.70. The van der Waals surface area contributed by atoms with Crippen molar-refractivity contribution in [3.63, 3.8) is 0 Å². The molecule has 88 valence electrons. The second-order valence-electron chi connectivity index (χ2n) is 3.69. The maximum Gasteiger partial charge on any atom is 0.185 e. The first-order valence-electron chi connectivity index (χ1n) is 5.02. The molecule has 0 amide bonds. The van der Waals surface area contributed by atoms with Crippen LogP contribution in [0, 0.1) is 5.82 Å². The summed E-state index contributed by atoms with van der Waals surface area (Å²) >= 11 is 5.86. The lowest BCUT2D eigenvalue weighted by atomic mass is 10.1. The van der Waals surface area contributed by atoms with E-state index in [4.69, 9.17) is 11.6 Å². The average molecular weight is 253 g/mol. The Balaban J connectivity index is 2.28. The molecule has 3 nitrogen and oxygen atoms in total. The van der Waals surface area contributed by atoms with E-state index < -0.39 is 5.82 Å². The third-order valence-electron chi connectivity index (χ3n) is 2.50. The molecule has 2 aromatic rings. The molecule has 1 aromatic heterocycles. The van der Waals surface area contributed by atoms with Gasteiger partial charge in [-0.1, -0.05) is 17.7 Å². The van der Waals surface area contributed by atoms with Crippen LogP contribution in [0.2, 0.25) is 5.02 Å². The van der Waals surface area contributed by atoms with Gasteiger partial charge in [-0.05, 0) is 12.1 Å². The Hall–Kier alpha value is -1.68. The Kier molecular flexibility index (Phi) is 3.24. The van der Waals surface area contributed by atoms with E-state index in [-0.39, 0.29) is 22.8 Å². The summed E-state index contributed by atoms with van der Waals surface area (Å²) in [6, 6.07) is 4.37. The maximum absolute atomic E-state index is 13.5. The Bertz CT molecular complexity index is 545. The Labute approximate surface area is 103 Å². The summed E-state index contributed by atoms with van der Waals surface area (Å²) < 4.78 is 15.1. The predicted octanol–water partition coefficient (Wildman–Crippen LogP) is 2.64. The fourth-order valence-electron chi connectivity index (χ4n) is 1.58. The van der Waals surface area contributed by atoms with Gasteiger partial charge in [0.2, 0.25) is 0 Å². The molecular formula is C12H10ClFN2O. The fraction of sp³-hybridized carbons (Fsp3) is 0.167. The number of Topliss-reactive ketones (excluding diaryl/α,β-unsaturated/α-hetero) is 1. The molecule has 0 bridgehead atoms. The van der Waals surface area contributed by atoms with Crippen LogP contribution in [0.5, 0.6) is 0 Å². The van der Waals surface area contributed by atoms with E-state index in [1.807, 2.05) is 0 Å². The minimum Gasteiger partial charge on any atom is -0.331 e. The van der Waals surface area contributed by atoms with Gasteiger partial charge >= 0.3 is 0 Å². The lowest BCUT2D eigenvalue weighted by molar-refractivity contribution is 0.0984. The first kappa shape index (κ1) is 11.8. The second kappa shape index (κ2) is 4.67. The van der Waals surface area contributed by atoms with Crippen molar-refractivity contribution in [1.29, 1.82) is 0 Å². The van der Waals surface area contributed by atoms with Gasteiger partial charge in [0.1, 0.15) is 11.5 Å². The summed E-state index contributed by atoms with van der Waals surface area (Å²) in [6.45, 7) is 0. The minimum absolute atomic E-state index is 0.0644. The number of aryl methyl sites for hydroxylation is 1. The maximum atomic E-state index is 13.5. The molecule has 0 spiro atoms. The topological polar surface area (TPSA) is 34.9 Å². The van der Waals surface area contributed by atoms with E-state index in [0.717, 1.165) is 0 Å². The number of rotatable bonds is 3. The highest BCUT2D eigenvalue weighted by molar-refractivity contribution is 6.31. The second-order valence-corrected chi connectivity index (χ2v) is 4.10. The van der Waals surface area contributed by atoms with Crippen molar-refractivity contribution in [1.82, 2.24) is 9.55 Å². The molecule has 0 fully saturated rings. The Morgan fingerprint density at radius 3 is 2.88 bits per heavy atom. The number of nitrogens with zero attached hydrogens (tertiary/aromatic N) is 2. The van der Waals surface area contributed by atoms with Crippen molar-refractivity contribution in [3.05, 3.63) is 52.8 Å². The van der Waals surface area contributed by atoms with Crippen LogP contribution in [-0.2, 0) is 13.5 Å². The number of imidazole rings is 1. The normalized spacial score (nSPS) is 10.5. The zero-order valence-corrected chi connectivity index (χ0v) is 9.91. The Morgan fingerprint density at radius 1 is 1.53 bits per heavy atom. The number of carbonyl (C=O) groups is 1. The van der Waals surface area contributed by atoms with E-state index in [1.165, 1.54) is 24.7 Å². The monoisotopic (exact) mass is 252 g/mol. The number of halogens is 2. The quantitative estimate of drug-likeness (QED) is 0.787. The van der Waals surface area contributed by atoms with Crippen LogP contribution < -0.4 is 0 Å². The highest BCUT2D eigenvalue weighted by Crippen LogP contribution is 2.20. The van der Waals surface area contributed by atoms with Gasteiger partial charge in [0.25, 0.3) is 0 Å². The third-order valence-corrected chi connectivity index (χ3v) is 2.86. The summed E-state index contributed by atoms with van der Waals surface area (Å²) in [5.74, 6) is -0.676. The minimum atomic E-state index is -0.465. The molecule has 0 radical (unpaired) electrons. The van der Waals surface area contributed by atoms with Crippen molar-refractivity contribution in [2.75, 3.05) is 0 Å². The molecule has 0 N–H and O–H groups in total. The summed E-state index contributed by atoms with van der Waals surface area (Å²) in [4.78, 5) is 15.8. The SMILES string of the molecule is Cn1cncc1C(=O)Cc1c(F)cccc1Cl. The van der Waals surface area contributed by atoms with Crippen molar-refractivity contribution in [3.8, 4) is 0 Å². The van der Waals surface area contributed by atoms with Gasteiger partial charge in [-0.3, -0.25) is 4.79 Å². The first-order chi connectivity index (χ1) is 8.09. The number of aromatic nitrogens is 2. The van der Waals surface area contributed by atoms with E-state index in [1.54, 1.807) is 17.7 Å². The van der Waals surface area contributed by atoms with Crippen LogP contribution in [0.1, 0.15) is 16.1 Å². The zero-order valence-electron chi connectivity index (χ0n) is 9.15. The number of carbonyl (C=O) groups excluding carboxylic acids is 1. The molecule has 0 aliphatic carbocycles. The molecule has 2 rings (SSSR count). The molecule has 0 aliphatic rings. The fourth-order valence-corrected chi connectivity index (χ4v) is 1.81. The standard InChI is InChI=1S/C12H10ClFN2O/c1-16-7-15-6-11(16)12(17)5-8-9(13)3-2-4-10(8)14/h2-4,6-7H,5H2,1H3. The molecule has 1 aromatic carbocycles. The molecule has 1 heterocycles. The first-order valence-corrected chi connectivity index (χ1v) is 5.40. The van der Waals surface area contributed by atoms with Crippen LogP contribution in [0.25, 0.3) is 0 Å². The lowest BCUT2D eigenvalue weighted by Gasteiger charge is -2.05. The smallest absolute Gasteiger partial charge is 0.185 e. The number of hydrogen-bond acceptors (Lipinski definition) is 2. The molecule has 17 heavy (non-hydrogen) atoms.